The SMILES string of the molecule is CN(C)C1CCCN(C(=O)c2ccc(NC(=O)c3ccc(C(N)=O)cc3)cc2)c2ccccc21. The lowest BCUT2D eigenvalue weighted by Crippen LogP contribution is -2.31. The van der Waals surface area contributed by atoms with E-state index in [1.807, 2.05) is 23.1 Å². The van der Waals surface area contributed by atoms with Gasteiger partial charge in [0.2, 0.25) is 5.91 Å². The molecule has 1 atom stereocenters. The monoisotopic (exact) mass is 456 g/mol. The minimum absolute atomic E-state index is 0.0632. The molecule has 3 amide bonds. The molecule has 0 saturated carbocycles. The maximum absolute atomic E-state index is 13.4. The number of primary amides is 1. The highest BCUT2D eigenvalue weighted by Crippen LogP contribution is 2.36. The molecular weight excluding hydrogens is 428 g/mol. The molecule has 7 nitrogen and oxygen atoms in total. The molecule has 0 saturated heterocycles. The van der Waals surface area contributed by atoms with Crippen molar-refractivity contribution >= 4 is 29.1 Å². The van der Waals surface area contributed by atoms with Gasteiger partial charge >= 0.3 is 0 Å². The molecule has 4 rings (SSSR count). The Bertz CT molecular complexity index is 1200. The molecule has 1 aliphatic rings. The highest BCUT2D eigenvalue weighted by Gasteiger charge is 2.27. The van der Waals surface area contributed by atoms with E-state index >= 15 is 0 Å². The Labute approximate surface area is 199 Å². The van der Waals surface area contributed by atoms with E-state index in [1.54, 1.807) is 36.4 Å². The van der Waals surface area contributed by atoms with E-state index in [0.717, 1.165) is 24.1 Å². The van der Waals surface area contributed by atoms with Gasteiger partial charge in [0.1, 0.15) is 0 Å². The van der Waals surface area contributed by atoms with Crippen molar-refractivity contribution in [2.24, 2.45) is 5.73 Å². The molecule has 34 heavy (non-hydrogen) atoms. The lowest BCUT2D eigenvalue weighted by Gasteiger charge is -2.27. The van der Waals surface area contributed by atoms with Crippen molar-refractivity contribution in [2.45, 2.75) is 18.9 Å². The van der Waals surface area contributed by atoms with Gasteiger partial charge in [-0.1, -0.05) is 18.2 Å². The summed E-state index contributed by atoms with van der Waals surface area (Å²) >= 11 is 0. The summed E-state index contributed by atoms with van der Waals surface area (Å²) in [5.41, 5.74) is 9.21. The third-order valence-corrected chi connectivity index (χ3v) is 6.14. The number of carbonyl (C=O) groups is 3. The highest BCUT2D eigenvalue weighted by atomic mass is 16.2. The van der Waals surface area contributed by atoms with Gasteiger partial charge in [-0.15, -0.1) is 0 Å². The molecule has 174 valence electrons. The number of hydrogen-bond donors (Lipinski definition) is 2. The van der Waals surface area contributed by atoms with Crippen LogP contribution in [0.25, 0.3) is 0 Å². The van der Waals surface area contributed by atoms with Crippen molar-refractivity contribution in [3.8, 4) is 0 Å². The fourth-order valence-corrected chi connectivity index (χ4v) is 4.32. The van der Waals surface area contributed by atoms with Crippen molar-refractivity contribution in [3.63, 3.8) is 0 Å². The zero-order chi connectivity index (χ0) is 24.2. The Kier molecular flexibility index (Phi) is 6.75. The summed E-state index contributed by atoms with van der Waals surface area (Å²) in [7, 11) is 4.14. The van der Waals surface area contributed by atoms with Crippen LogP contribution >= 0.6 is 0 Å². The van der Waals surface area contributed by atoms with Crippen molar-refractivity contribution in [2.75, 3.05) is 30.9 Å². The number of para-hydroxylation sites is 1. The summed E-state index contributed by atoms with van der Waals surface area (Å²) in [5, 5.41) is 2.81. The van der Waals surface area contributed by atoms with Gasteiger partial charge in [0, 0.05) is 40.7 Å². The van der Waals surface area contributed by atoms with E-state index in [0.29, 0.717) is 28.9 Å². The summed E-state index contributed by atoms with van der Waals surface area (Å²) in [4.78, 5) is 41.2. The third kappa shape index (κ3) is 4.84. The fourth-order valence-electron chi connectivity index (χ4n) is 4.32. The first-order valence-electron chi connectivity index (χ1n) is 11.2. The van der Waals surface area contributed by atoms with E-state index in [-0.39, 0.29) is 17.9 Å². The largest absolute Gasteiger partial charge is 0.366 e. The van der Waals surface area contributed by atoms with Crippen LogP contribution in [0.3, 0.4) is 0 Å². The molecule has 0 aliphatic carbocycles. The number of amides is 3. The number of nitrogens with one attached hydrogen (secondary N) is 1. The molecule has 0 radical (unpaired) electrons. The number of benzene rings is 3. The number of nitrogens with two attached hydrogens (primary N) is 1. The van der Waals surface area contributed by atoms with E-state index in [4.69, 9.17) is 5.73 Å². The maximum atomic E-state index is 13.4. The van der Waals surface area contributed by atoms with Crippen LogP contribution < -0.4 is 16.0 Å². The first-order valence-corrected chi connectivity index (χ1v) is 11.2. The van der Waals surface area contributed by atoms with Crippen molar-refractivity contribution in [1.82, 2.24) is 4.90 Å². The Morgan fingerprint density at radius 1 is 0.882 bits per heavy atom. The molecule has 1 heterocycles. The van der Waals surface area contributed by atoms with E-state index < -0.39 is 5.91 Å². The van der Waals surface area contributed by atoms with Crippen LogP contribution in [-0.2, 0) is 0 Å². The second kappa shape index (κ2) is 9.89. The van der Waals surface area contributed by atoms with E-state index in [2.05, 4.69) is 30.4 Å². The topological polar surface area (TPSA) is 95.7 Å². The number of anilines is 2. The van der Waals surface area contributed by atoms with Gasteiger partial charge in [0.15, 0.2) is 0 Å². The number of nitrogens with zero attached hydrogens (tertiary/aromatic N) is 2. The van der Waals surface area contributed by atoms with Gasteiger partial charge in [-0.05, 0) is 87.1 Å². The Morgan fingerprint density at radius 2 is 1.50 bits per heavy atom. The molecule has 0 aromatic heterocycles. The third-order valence-electron chi connectivity index (χ3n) is 6.14. The molecular formula is C27H28N4O3. The van der Waals surface area contributed by atoms with Crippen LogP contribution in [0.2, 0.25) is 0 Å². The summed E-state index contributed by atoms with van der Waals surface area (Å²) in [6, 6.07) is 21.4. The van der Waals surface area contributed by atoms with Gasteiger partial charge in [0.25, 0.3) is 11.8 Å². The Hall–Kier alpha value is -3.97. The van der Waals surface area contributed by atoms with E-state index in [9.17, 15) is 14.4 Å². The van der Waals surface area contributed by atoms with Crippen LogP contribution in [-0.4, -0.2) is 43.3 Å². The summed E-state index contributed by atoms with van der Waals surface area (Å²) < 4.78 is 0. The van der Waals surface area contributed by atoms with Crippen LogP contribution in [0, 0.1) is 0 Å². The molecule has 1 aliphatic heterocycles. The molecule has 7 heteroatoms. The van der Waals surface area contributed by atoms with Crippen LogP contribution in [0.4, 0.5) is 11.4 Å². The lowest BCUT2D eigenvalue weighted by atomic mass is 10.0. The summed E-state index contributed by atoms with van der Waals surface area (Å²) in [6.07, 6.45) is 1.89. The maximum Gasteiger partial charge on any atom is 0.258 e. The first kappa shape index (κ1) is 23.2. The summed E-state index contributed by atoms with van der Waals surface area (Å²) in [5.74, 6) is -0.922. The standard InChI is InChI=1S/C27H28N4O3/c1-30(2)23-8-5-17-31(24-7-4-3-6-22(23)24)27(34)20-13-15-21(16-14-20)29-26(33)19-11-9-18(10-12-19)25(28)32/h3-4,6-7,9-16,23H,5,8,17H2,1-2H3,(H2,28,32)(H,29,33). The second-order valence-electron chi connectivity index (χ2n) is 8.61. The Morgan fingerprint density at radius 3 is 2.15 bits per heavy atom. The predicted molar refractivity (Wildman–Crippen MR) is 133 cm³/mol. The van der Waals surface area contributed by atoms with Crippen molar-refractivity contribution < 1.29 is 14.4 Å². The lowest BCUT2D eigenvalue weighted by molar-refractivity contribution is 0.0983. The molecule has 0 fully saturated rings. The normalized spacial score (nSPS) is 15.4. The Balaban J connectivity index is 1.50. The molecule has 0 bridgehead atoms. The molecule has 3 aromatic carbocycles. The zero-order valence-corrected chi connectivity index (χ0v) is 19.3. The fraction of sp³-hybridized carbons (Fsp3) is 0.222. The van der Waals surface area contributed by atoms with Crippen molar-refractivity contribution in [3.05, 3.63) is 95.1 Å². The van der Waals surface area contributed by atoms with Gasteiger partial charge in [-0.2, -0.15) is 0 Å². The number of fused-ring (bicyclic) bond motifs is 1. The number of rotatable bonds is 5. The minimum atomic E-state index is -0.545. The van der Waals surface area contributed by atoms with Crippen LogP contribution in [0.5, 0.6) is 0 Å². The predicted octanol–water partition coefficient (Wildman–Crippen LogP) is 4.08. The summed E-state index contributed by atoms with van der Waals surface area (Å²) in [6.45, 7) is 0.653. The first-order chi connectivity index (χ1) is 16.3. The molecule has 0 spiro atoms. The minimum Gasteiger partial charge on any atom is -0.366 e. The van der Waals surface area contributed by atoms with Crippen LogP contribution in [0.15, 0.2) is 72.8 Å². The zero-order valence-electron chi connectivity index (χ0n) is 19.3. The van der Waals surface area contributed by atoms with Gasteiger partial charge in [-0.25, -0.2) is 0 Å². The molecule has 3 N–H and O–H groups in total. The molecule has 1 unspecified atom stereocenters. The van der Waals surface area contributed by atoms with Gasteiger partial charge < -0.3 is 20.9 Å². The van der Waals surface area contributed by atoms with Gasteiger partial charge in [-0.3, -0.25) is 14.4 Å². The number of carbonyl (C=O) groups excluding carboxylic acids is 3. The molecule has 3 aromatic rings. The van der Waals surface area contributed by atoms with E-state index in [1.165, 1.54) is 12.1 Å². The quantitative estimate of drug-likeness (QED) is 0.605. The van der Waals surface area contributed by atoms with Crippen molar-refractivity contribution in [1.29, 1.82) is 0 Å². The second-order valence-corrected chi connectivity index (χ2v) is 8.61. The average Bonchev–Trinajstić information content (AvgIpc) is 3.04. The smallest absolute Gasteiger partial charge is 0.258 e. The average molecular weight is 457 g/mol. The van der Waals surface area contributed by atoms with Gasteiger partial charge in [0.05, 0.1) is 0 Å². The van der Waals surface area contributed by atoms with Crippen LogP contribution in [0.1, 0.15) is 55.5 Å². The number of hydrogen-bond acceptors (Lipinski definition) is 4. The highest BCUT2D eigenvalue weighted by molar-refractivity contribution is 6.08.